The number of methoxy groups -OCH3 is 1. The third kappa shape index (κ3) is 7.04. The average molecular weight is 534 g/mol. The van der Waals surface area contributed by atoms with Crippen LogP contribution in [0, 0.1) is 12.8 Å². The summed E-state index contributed by atoms with van der Waals surface area (Å²) in [5.74, 6) is -0.737. The standard InChI is InChI=1S/C30H35N3O6/c1-19-16-21(23-8-6-7-9-25(23)31-19)18-38-22-12-10-20(11-13-22)27(34)32-26-17-33(29(36)39-30(2,3)4)15-14-24(26)28(35)37-5/h6-13,16,24,26H,14-15,17-18H2,1-5H3,(H,32,34). The lowest BCUT2D eigenvalue weighted by Gasteiger charge is -2.38. The fourth-order valence-electron chi connectivity index (χ4n) is 4.65. The third-order valence-corrected chi connectivity index (χ3v) is 6.53. The summed E-state index contributed by atoms with van der Waals surface area (Å²) >= 11 is 0. The van der Waals surface area contributed by atoms with Crippen molar-refractivity contribution in [2.24, 2.45) is 5.92 Å². The van der Waals surface area contributed by atoms with Gasteiger partial charge in [-0.2, -0.15) is 0 Å². The summed E-state index contributed by atoms with van der Waals surface area (Å²) in [4.78, 5) is 44.2. The fraction of sp³-hybridized carbons (Fsp3) is 0.400. The number of hydrogen-bond donors (Lipinski definition) is 1. The molecule has 1 N–H and O–H groups in total. The van der Waals surface area contributed by atoms with E-state index in [1.165, 1.54) is 12.0 Å². The molecule has 206 valence electrons. The molecule has 2 aromatic carbocycles. The van der Waals surface area contributed by atoms with E-state index in [1.54, 1.807) is 45.0 Å². The number of nitrogens with zero attached hydrogens (tertiary/aromatic N) is 2. The first-order valence-electron chi connectivity index (χ1n) is 13.0. The Bertz CT molecular complexity index is 1350. The van der Waals surface area contributed by atoms with E-state index < -0.39 is 29.6 Å². The van der Waals surface area contributed by atoms with Crippen molar-refractivity contribution in [3.63, 3.8) is 0 Å². The number of para-hydroxylation sites is 1. The molecule has 9 heteroatoms. The molecule has 1 saturated heterocycles. The minimum absolute atomic E-state index is 0.140. The number of amides is 2. The predicted octanol–water partition coefficient (Wildman–Crippen LogP) is 4.65. The Kier molecular flexibility index (Phi) is 8.38. The van der Waals surface area contributed by atoms with Gasteiger partial charge in [0.15, 0.2) is 0 Å². The number of esters is 1. The van der Waals surface area contributed by atoms with Gasteiger partial charge in [-0.3, -0.25) is 14.6 Å². The zero-order valence-corrected chi connectivity index (χ0v) is 23.0. The fourth-order valence-corrected chi connectivity index (χ4v) is 4.65. The van der Waals surface area contributed by atoms with Crippen LogP contribution in [0.1, 0.15) is 48.8 Å². The van der Waals surface area contributed by atoms with E-state index >= 15 is 0 Å². The highest BCUT2D eigenvalue weighted by Gasteiger charge is 2.38. The zero-order valence-electron chi connectivity index (χ0n) is 23.0. The molecule has 0 aliphatic carbocycles. The highest BCUT2D eigenvalue weighted by atomic mass is 16.6. The van der Waals surface area contributed by atoms with Crippen molar-refractivity contribution in [2.45, 2.75) is 52.4 Å². The summed E-state index contributed by atoms with van der Waals surface area (Å²) < 4.78 is 16.4. The number of pyridine rings is 1. The largest absolute Gasteiger partial charge is 0.489 e. The summed E-state index contributed by atoms with van der Waals surface area (Å²) in [6, 6.07) is 16.1. The zero-order chi connectivity index (χ0) is 28.2. The van der Waals surface area contributed by atoms with Gasteiger partial charge in [0.25, 0.3) is 5.91 Å². The van der Waals surface area contributed by atoms with Gasteiger partial charge in [-0.1, -0.05) is 18.2 Å². The smallest absolute Gasteiger partial charge is 0.410 e. The highest BCUT2D eigenvalue weighted by Crippen LogP contribution is 2.24. The van der Waals surface area contributed by atoms with E-state index in [9.17, 15) is 14.4 Å². The number of piperidine rings is 1. The van der Waals surface area contributed by atoms with Gasteiger partial charge >= 0.3 is 12.1 Å². The molecule has 2 unspecified atom stereocenters. The molecule has 2 atom stereocenters. The summed E-state index contributed by atoms with van der Waals surface area (Å²) in [7, 11) is 1.32. The van der Waals surface area contributed by atoms with Crippen LogP contribution in [0.25, 0.3) is 10.9 Å². The number of aromatic nitrogens is 1. The van der Waals surface area contributed by atoms with Gasteiger partial charge in [0.2, 0.25) is 0 Å². The van der Waals surface area contributed by atoms with E-state index in [4.69, 9.17) is 14.2 Å². The van der Waals surface area contributed by atoms with Crippen molar-refractivity contribution in [2.75, 3.05) is 20.2 Å². The van der Waals surface area contributed by atoms with Crippen molar-refractivity contribution in [1.29, 1.82) is 0 Å². The van der Waals surface area contributed by atoms with Gasteiger partial charge in [0, 0.05) is 35.3 Å². The number of benzene rings is 2. The molecule has 2 heterocycles. The van der Waals surface area contributed by atoms with Gasteiger partial charge in [-0.15, -0.1) is 0 Å². The van der Waals surface area contributed by atoms with Crippen molar-refractivity contribution >= 4 is 28.9 Å². The number of carbonyl (C=O) groups excluding carboxylic acids is 3. The Morgan fingerprint density at radius 3 is 2.49 bits per heavy atom. The quantitative estimate of drug-likeness (QED) is 0.460. The lowest BCUT2D eigenvalue weighted by atomic mass is 9.91. The van der Waals surface area contributed by atoms with Crippen LogP contribution >= 0.6 is 0 Å². The molecular weight excluding hydrogens is 498 g/mol. The van der Waals surface area contributed by atoms with Crippen LogP contribution in [0.15, 0.2) is 54.6 Å². The number of ether oxygens (including phenoxy) is 3. The van der Waals surface area contributed by atoms with Crippen LogP contribution in [0.3, 0.4) is 0 Å². The Morgan fingerprint density at radius 2 is 1.79 bits per heavy atom. The molecule has 1 aromatic heterocycles. The van der Waals surface area contributed by atoms with Crippen molar-refractivity contribution < 1.29 is 28.6 Å². The number of nitrogens with one attached hydrogen (secondary N) is 1. The topological polar surface area (TPSA) is 107 Å². The molecule has 0 radical (unpaired) electrons. The van der Waals surface area contributed by atoms with Gasteiger partial charge in [-0.05, 0) is 70.5 Å². The maximum atomic E-state index is 13.1. The van der Waals surface area contributed by atoms with Crippen molar-refractivity contribution in [3.05, 3.63) is 71.4 Å². The number of fused-ring (bicyclic) bond motifs is 1. The number of carbonyl (C=O) groups is 3. The Hall–Kier alpha value is -4.14. The van der Waals surface area contributed by atoms with Gasteiger partial charge < -0.3 is 24.4 Å². The predicted molar refractivity (Wildman–Crippen MR) is 146 cm³/mol. The van der Waals surface area contributed by atoms with Crippen LogP contribution in [0.2, 0.25) is 0 Å². The maximum absolute atomic E-state index is 13.1. The molecule has 0 spiro atoms. The van der Waals surface area contributed by atoms with Gasteiger partial charge in [0.05, 0.1) is 24.6 Å². The molecular formula is C30H35N3O6. The Labute approximate surface area is 228 Å². The van der Waals surface area contributed by atoms with Crippen LogP contribution in [0.4, 0.5) is 4.79 Å². The number of aryl methyl sites for hydroxylation is 1. The average Bonchev–Trinajstić information content (AvgIpc) is 2.90. The molecule has 0 saturated carbocycles. The van der Waals surface area contributed by atoms with E-state index in [2.05, 4.69) is 10.3 Å². The Balaban J connectivity index is 1.42. The first-order valence-corrected chi connectivity index (χ1v) is 13.0. The second-order valence-corrected chi connectivity index (χ2v) is 10.7. The molecule has 2 amide bonds. The van der Waals surface area contributed by atoms with E-state index in [0.29, 0.717) is 30.9 Å². The number of likely N-dealkylation sites (tertiary alicyclic amines) is 1. The minimum Gasteiger partial charge on any atom is -0.489 e. The van der Waals surface area contributed by atoms with Crippen molar-refractivity contribution in [1.82, 2.24) is 15.2 Å². The Morgan fingerprint density at radius 1 is 1.08 bits per heavy atom. The monoisotopic (exact) mass is 533 g/mol. The molecule has 1 fully saturated rings. The lowest BCUT2D eigenvalue weighted by molar-refractivity contribution is -0.148. The van der Waals surface area contributed by atoms with E-state index in [-0.39, 0.29) is 12.5 Å². The van der Waals surface area contributed by atoms with Crippen LogP contribution in [0.5, 0.6) is 5.75 Å². The summed E-state index contributed by atoms with van der Waals surface area (Å²) in [6.45, 7) is 8.16. The van der Waals surface area contributed by atoms with Crippen LogP contribution in [-0.4, -0.2) is 59.7 Å². The van der Waals surface area contributed by atoms with Crippen LogP contribution in [-0.2, 0) is 20.9 Å². The highest BCUT2D eigenvalue weighted by molar-refractivity contribution is 5.95. The number of hydrogen-bond acceptors (Lipinski definition) is 7. The summed E-state index contributed by atoms with van der Waals surface area (Å²) in [6.07, 6.45) is -0.129. The summed E-state index contributed by atoms with van der Waals surface area (Å²) in [5.41, 5.74) is 2.62. The van der Waals surface area contributed by atoms with Crippen LogP contribution < -0.4 is 10.1 Å². The first kappa shape index (κ1) is 27.9. The minimum atomic E-state index is -0.651. The van der Waals surface area contributed by atoms with E-state index in [0.717, 1.165) is 22.2 Å². The second-order valence-electron chi connectivity index (χ2n) is 10.7. The molecule has 3 aromatic rings. The number of rotatable bonds is 6. The van der Waals surface area contributed by atoms with Gasteiger partial charge in [-0.25, -0.2) is 4.79 Å². The van der Waals surface area contributed by atoms with Crippen molar-refractivity contribution in [3.8, 4) is 5.75 Å². The third-order valence-electron chi connectivity index (χ3n) is 6.53. The van der Waals surface area contributed by atoms with Gasteiger partial charge in [0.1, 0.15) is 18.0 Å². The SMILES string of the molecule is COC(=O)C1CCN(C(=O)OC(C)(C)C)CC1NC(=O)c1ccc(OCc2cc(C)nc3ccccc23)cc1. The molecule has 1 aliphatic rings. The molecule has 9 nitrogen and oxygen atoms in total. The maximum Gasteiger partial charge on any atom is 0.410 e. The van der Waals surface area contributed by atoms with E-state index in [1.807, 2.05) is 37.3 Å². The molecule has 0 bridgehead atoms. The first-order chi connectivity index (χ1) is 18.5. The molecule has 1 aliphatic heterocycles. The summed E-state index contributed by atoms with van der Waals surface area (Å²) in [5, 5.41) is 3.95. The lowest BCUT2D eigenvalue weighted by Crippen LogP contribution is -2.56. The normalized spacial score (nSPS) is 17.4. The molecule has 39 heavy (non-hydrogen) atoms. The molecule has 4 rings (SSSR count). The second kappa shape index (κ2) is 11.7.